The van der Waals surface area contributed by atoms with Crippen LogP contribution in [0, 0.1) is 0 Å². The second-order valence-electron chi connectivity index (χ2n) is 19.9. The maximum absolute atomic E-state index is 13.3. The second-order valence-corrected chi connectivity index (χ2v) is 24.6. The molecule has 5 N–H and O–H groups in total. The molecular formula is C53H70N4O8Si. The van der Waals surface area contributed by atoms with Gasteiger partial charge in [-0.25, -0.2) is 9.59 Å². The molecule has 354 valence electrons. The van der Waals surface area contributed by atoms with E-state index in [0.717, 1.165) is 53.2 Å². The zero-order valence-corrected chi connectivity index (χ0v) is 41.0. The first-order valence-electron chi connectivity index (χ1n) is 23.3. The summed E-state index contributed by atoms with van der Waals surface area (Å²) in [6.45, 7) is 18.5. The third-order valence-electron chi connectivity index (χ3n) is 13.3. The SMILES string of the molecule is CN1CC[C@H](c2ccccc2C(O)(C(=O)O)c2cccc(C(=O)NCCCCNC(=O)OC(C)(C)CC[C@@H](O[Si](C)(C)C(C)(C)C)c3ccc(OCc4ccccc4)c4c3C=CCN4)c2)C1. The van der Waals surface area contributed by atoms with E-state index in [1.165, 1.54) is 6.07 Å². The van der Waals surface area contributed by atoms with E-state index in [1.807, 2.05) is 57.3 Å². The van der Waals surface area contributed by atoms with Crippen molar-refractivity contribution in [2.45, 2.75) is 115 Å². The van der Waals surface area contributed by atoms with Crippen molar-refractivity contribution in [3.63, 3.8) is 0 Å². The number of aliphatic carboxylic acids is 1. The molecule has 1 saturated heterocycles. The lowest BCUT2D eigenvalue weighted by Crippen LogP contribution is -2.42. The molecule has 2 aliphatic heterocycles. The Morgan fingerprint density at radius 2 is 1.62 bits per heavy atom. The number of amides is 2. The van der Waals surface area contributed by atoms with Crippen LogP contribution < -0.4 is 20.7 Å². The number of hydrogen-bond donors (Lipinski definition) is 5. The van der Waals surface area contributed by atoms with Gasteiger partial charge < -0.3 is 45.0 Å². The first kappa shape index (κ1) is 50.0. The number of anilines is 1. The minimum absolute atomic E-state index is 0.0215. The van der Waals surface area contributed by atoms with Gasteiger partial charge in [-0.1, -0.05) is 106 Å². The van der Waals surface area contributed by atoms with Crippen molar-refractivity contribution in [1.29, 1.82) is 0 Å². The van der Waals surface area contributed by atoms with Crippen LogP contribution in [0.3, 0.4) is 0 Å². The van der Waals surface area contributed by atoms with Crippen molar-refractivity contribution in [3.8, 4) is 5.75 Å². The average molecular weight is 919 g/mol. The van der Waals surface area contributed by atoms with Gasteiger partial charge in [-0.2, -0.15) is 0 Å². The molecule has 4 aromatic rings. The second kappa shape index (κ2) is 21.4. The summed E-state index contributed by atoms with van der Waals surface area (Å²) in [5, 5.41) is 31.6. The molecule has 0 saturated carbocycles. The van der Waals surface area contributed by atoms with Gasteiger partial charge in [-0.15, -0.1) is 0 Å². The molecule has 13 heteroatoms. The number of likely N-dealkylation sites (N-methyl/N-ethyl adjacent to an activating group) is 1. The average Bonchev–Trinajstić information content (AvgIpc) is 3.73. The minimum Gasteiger partial charge on any atom is -0.487 e. The van der Waals surface area contributed by atoms with Gasteiger partial charge in [0.1, 0.15) is 18.0 Å². The molecule has 0 aliphatic carbocycles. The molecule has 0 radical (unpaired) electrons. The van der Waals surface area contributed by atoms with Crippen molar-refractivity contribution in [1.82, 2.24) is 15.5 Å². The van der Waals surface area contributed by atoms with Gasteiger partial charge in [0.2, 0.25) is 5.60 Å². The van der Waals surface area contributed by atoms with E-state index in [1.54, 1.807) is 30.3 Å². The van der Waals surface area contributed by atoms with E-state index in [0.29, 0.717) is 57.5 Å². The van der Waals surface area contributed by atoms with Crippen LogP contribution in [0.1, 0.15) is 122 Å². The molecule has 0 spiro atoms. The molecule has 3 atom stereocenters. The topological polar surface area (TPSA) is 159 Å². The maximum atomic E-state index is 13.3. The van der Waals surface area contributed by atoms with E-state index in [4.69, 9.17) is 13.9 Å². The van der Waals surface area contributed by atoms with E-state index in [9.17, 15) is 24.6 Å². The Bertz CT molecular complexity index is 2350. The number of fused-ring (bicyclic) bond motifs is 1. The van der Waals surface area contributed by atoms with E-state index in [-0.39, 0.29) is 34.1 Å². The fourth-order valence-corrected chi connectivity index (χ4v) is 9.78. The summed E-state index contributed by atoms with van der Waals surface area (Å²) in [7, 11) is -0.218. The summed E-state index contributed by atoms with van der Waals surface area (Å²) in [6, 6.07) is 27.6. The number of carboxylic acid groups (broad SMARTS) is 1. The third kappa shape index (κ3) is 12.3. The number of carbonyl (C=O) groups excluding carboxylic acids is 2. The van der Waals surface area contributed by atoms with Crippen LogP contribution in [0.15, 0.2) is 97.1 Å². The quantitative estimate of drug-likeness (QED) is 0.0427. The number of nitrogens with zero attached hydrogens (tertiary/aromatic N) is 1. The van der Waals surface area contributed by atoms with Gasteiger partial charge >= 0.3 is 12.1 Å². The number of unbranched alkanes of at least 4 members (excludes halogenated alkanes) is 1. The Morgan fingerprint density at radius 3 is 2.32 bits per heavy atom. The number of nitrogens with one attached hydrogen (secondary N) is 3. The number of alkyl carbamates (subject to hydrolysis) is 1. The standard InChI is InChI=1S/C53H70N4O8Si/c1-51(2,3)66(7,8)65-45(42-25-26-46(47-43(42)23-17-32-54-47)63-36-37-18-10-9-11-19-37)27-29-52(4,5)64-50(61)56-31-15-14-30-55-48(58)38-20-16-21-40(34-38)53(62,49(59)60)44-24-13-12-22-41(44)39-28-33-57(6)35-39/h9-13,16-26,34,39,45,54,62H,14-15,27-33,35-36H2,1-8H3,(H,55,58)(H,56,61)(H,59,60)/t39-,45+,53?/m0/s1. The molecule has 2 aliphatic rings. The molecule has 2 heterocycles. The Balaban J connectivity index is 1.01. The summed E-state index contributed by atoms with van der Waals surface area (Å²) >= 11 is 0. The third-order valence-corrected chi connectivity index (χ3v) is 17.8. The van der Waals surface area contributed by atoms with E-state index < -0.39 is 31.6 Å². The molecule has 2 amide bonds. The zero-order chi connectivity index (χ0) is 47.7. The predicted octanol–water partition coefficient (Wildman–Crippen LogP) is 10.0. The van der Waals surface area contributed by atoms with Crippen LogP contribution in [0.5, 0.6) is 5.75 Å². The van der Waals surface area contributed by atoms with Crippen LogP contribution >= 0.6 is 0 Å². The van der Waals surface area contributed by atoms with E-state index in [2.05, 4.69) is 85.1 Å². The lowest BCUT2D eigenvalue weighted by atomic mass is 9.79. The Kier molecular flexibility index (Phi) is 16.2. The summed E-state index contributed by atoms with van der Waals surface area (Å²) < 4.78 is 19.5. The fraction of sp³-hybridized carbons (Fsp3) is 0.453. The number of likely N-dealkylation sites (tertiary alicyclic amines) is 1. The van der Waals surface area contributed by atoms with Crippen molar-refractivity contribution in [2.75, 3.05) is 45.1 Å². The van der Waals surface area contributed by atoms with Gasteiger partial charge in [0, 0.05) is 48.4 Å². The van der Waals surface area contributed by atoms with Crippen LogP contribution in [0.25, 0.3) is 6.08 Å². The molecule has 1 fully saturated rings. The Labute approximate surface area is 392 Å². The lowest BCUT2D eigenvalue weighted by Gasteiger charge is -2.40. The highest BCUT2D eigenvalue weighted by Gasteiger charge is 2.44. The first-order valence-corrected chi connectivity index (χ1v) is 26.2. The highest BCUT2D eigenvalue weighted by molar-refractivity contribution is 6.74. The normalized spacial score (nSPS) is 16.7. The number of ether oxygens (including phenoxy) is 2. The van der Waals surface area contributed by atoms with Crippen molar-refractivity contribution >= 4 is 38.1 Å². The van der Waals surface area contributed by atoms with Gasteiger partial charge in [0.05, 0.1) is 11.8 Å². The van der Waals surface area contributed by atoms with Crippen molar-refractivity contribution < 1.29 is 38.5 Å². The number of carboxylic acids is 1. The van der Waals surface area contributed by atoms with Crippen molar-refractivity contribution in [3.05, 3.63) is 136 Å². The number of benzene rings is 4. The number of aliphatic hydroxyl groups is 1. The van der Waals surface area contributed by atoms with Gasteiger partial charge in [-0.3, -0.25) is 4.79 Å². The fourth-order valence-electron chi connectivity index (χ4n) is 8.47. The first-order chi connectivity index (χ1) is 31.3. The monoisotopic (exact) mass is 918 g/mol. The summed E-state index contributed by atoms with van der Waals surface area (Å²) in [6.07, 6.45) is 6.70. The molecular weight excluding hydrogens is 849 g/mol. The molecule has 0 aromatic heterocycles. The number of hydrogen-bond acceptors (Lipinski definition) is 9. The Morgan fingerprint density at radius 1 is 0.909 bits per heavy atom. The van der Waals surface area contributed by atoms with Gasteiger partial charge in [0.25, 0.3) is 5.91 Å². The van der Waals surface area contributed by atoms with Crippen molar-refractivity contribution in [2.24, 2.45) is 0 Å². The van der Waals surface area contributed by atoms with Gasteiger partial charge in [0.15, 0.2) is 8.32 Å². The highest BCUT2D eigenvalue weighted by Crippen LogP contribution is 2.45. The maximum Gasteiger partial charge on any atom is 0.407 e. The highest BCUT2D eigenvalue weighted by atomic mass is 28.4. The molecule has 66 heavy (non-hydrogen) atoms. The number of carbonyl (C=O) groups is 3. The number of rotatable bonds is 20. The van der Waals surface area contributed by atoms with Crippen LogP contribution in [0.2, 0.25) is 18.1 Å². The predicted molar refractivity (Wildman–Crippen MR) is 264 cm³/mol. The minimum atomic E-state index is -2.34. The molecule has 0 bridgehead atoms. The summed E-state index contributed by atoms with van der Waals surface area (Å²) in [5.74, 6) is -0.925. The molecule has 4 aromatic carbocycles. The van der Waals surface area contributed by atoms with Crippen LogP contribution in [-0.4, -0.2) is 86.8 Å². The van der Waals surface area contributed by atoms with Gasteiger partial charge in [-0.05, 0) is 118 Å². The molecule has 6 rings (SSSR count). The summed E-state index contributed by atoms with van der Waals surface area (Å²) in [5.41, 5.74) is 2.47. The largest absolute Gasteiger partial charge is 0.487 e. The van der Waals surface area contributed by atoms with Crippen LogP contribution in [-0.2, 0) is 26.2 Å². The zero-order valence-electron chi connectivity index (χ0n) is 40.0. The molecule has 12 nitrogen and oxygen atoms in total. The molecule has 1 unspecified atom stereocenters. The van der Waals surface area contributed by atoms with E-state index >= 15 is 0 Å². The van der Waals surface area contributed by atoms with Crippen LogP contribution in [0.4, 0.5) is 10.5 Å². The smallest absolute Gasteiger partial charge is 0.407 e. The summed E-state index contributed by atoms with van der Waals surface area (Å²) in [4.78, 5) is 41.4. The lowest BCUT2D eigenvalue weighted by molar-refractivity contribution is -0.155. The Hall–Kier alpha value is -5.47.